The molecule has 2 N–H and O–H groups in total. The van der Waals surface area contributed by atoms with Gasteiger partial charge in [-0.15, -0.1) is 0 Å². The first-order valence-corrected chi connectivity index (χ1v) is 6.76. The summed E-state index contributed by atoms with van der Waals surface area (Å²) >= 11 is 5.02. The van der Waals surface area contributed by atoms with Crippen LogP contribution in [0.3, 0.4) is 0 Å². The molecule has 0 amide bonds. The highest BCUT2D eigenvalue weighted by Crippen LogP contribution is 2.24. The second-order valence-electron chi connectivity index (χ2n) is 4.77. The molecule has 1 atom stereocenters. The Morgan fingerprint density at radius 3 is 2.84 bits per heavy atom. The van der Waals surface area contributed by atoms with Gasteiger partial charge in [-0.05, 0) is 24.6 Å². The van der Waals surface area contributed by atoms with Gasteiger partial charge in [0.1, 0.15) is 10.7 Å². The molecule has 0 aliphatic carbocycles. The van der Waals surface area contributed by atoms with Gasteiger partial charge in [-0.2, -0.15) is 0 Å². The standard InChI is InChI=1S/C14H20N2O2S/c1-17-12-5-6-16(9-12)8-11-7-10(14(15)19)3-4-13(11)18-2/h3-4,7,12H,5-6,8-9H2,1-2H3,(H2,15,19). The van der Waals surface area contributed by atoms with E-state index < -0.39 is 0 Å². The Kier molecular flexibility index (Phi) is 4.74. The predicted molar refractivity (Wildman–Crippen MR) is 79.6 cm³/mol. The van der Waals surface area contributed by atoms with Crippen molar-refractivity contribution in [2.75, 3.05) is 27.3 Å². The summed E-state index contributed by atoms with van der Waals surface area (Å²) < 4.78 is 10.8. The maximum Gasteiger partial charge on any atom is 0.123 e. The van der Waals surface area contributed by atoms with Crippen LogP contribution < -0.4 is 10.5 Å². The Balaban J connectivity index is 2.14. The minimum atomic E-state index is 0.338. The molecule has 1 aliphatic rings. The van der Waals surface area contributed by atoms with E-state index in [9.17, 15) is 0 Å². The third kappa shape index (κ3) is 3.43. The summed E-state index contributed by atoms with van der Waals surface area (Å²) in [7, 11) is 3.45. The van der Waals surface area contributed by atoms with E-state index in [0.717, 1.165) is 42.9 Å². The molecular weight excluding hydrogens is 260 g/mol. The molecule has 4 nitrogen and oxygen atoms in total. The number of likely N-dealkylation sites (tertiary alicyclic amines) is 1. The van der Waals surface area contributed by atoms with Crippen LogP contribution in [0.15, 0.2) is 18.2 Å². The first-order chi connectivity index (χ1) is 9.13. The maximum atomic E-state index is 5.68. The lowest BCUT2D eigenvalue weighted by Gasteiger charge is -2.18. The number of nitrogens with zero attached hydrogens (tertiary/aromatic N) is 1. The smallest absolute Gasteiger partial charge is 0.123 e. The zero-order valence-electron chi connectivity index (χ0n) is 11.4. The molecule has 2 rings (SSSR count). The van der Waals surface area contributed by atoms with Crippen LogP contribution in [-0.4, -0.2) is 43.3 Å². The van der Waals surface area contributed by atoms with Gasteiger partial charge in [0.15, 0.2) is 0 Å². The van der Waals surface area contributed by atoms with Crippen LogP contribution in [0.5, 0.6) is 5.75 Å². The maximum absolute atomic E-state index is 5.68. The molecule has 1 aromatic carbocycles. The molecule has 1 fully saturated rings. The SMILES string of the molecule is COc1ccc(C(N)=S)cc1CN1CCC(OC)C1. The molecule has 1 aromatic rings. The molecule has 0 saturated carbocycles. The molecule has 104 valence electrons. The summed E-state index contributed by atoms with van der Waals surface area (Å²) in [5.74, 6) is 0.876. The van der Waals surface area contributed by atoms with Crippen molar-refractivity contribution in [2.45, 2.75) is 19.1 Å². The Hall–Kier alpha value is -1.17. The first kappa shape index (κ1) is 14.2. The lowest BCUT2D eigenvalue weighted by Crippen LogP contribution is -2.23. The fraction of sp³-hybridized carbons (Fsp3) is 0.500. The number of rotatable bonds is 5. The molecule has 1 unspecified atom stereocenters. The van der Waals surface area contributed by atoms with E-state index >= 15 is 0 Å². The van der Waals surface area contributed by atoms with Crippen molar-refractivity contribution in [2.24, 2.45) is 5.73 Å². The van der Waals surface area contributed by atoms with Crippen molar-refractivity contribution in [3.05, 3.63) is 29.3 Å². The number of methoxy groups -OCH3 is 2. The van der Waals surface area contributed by atoms with E-state index in [1.165, 1.54) is 0 Å². The van der Waals surface area contributed by atoms with Gasteiger partial charge < -0.3 is 15.2 Å². The summed E-state index contributed by atoms with van der Waals surface area (Å²) in [4.78, 5) is 2.77. The average molecular weight is 280 g/mol. The number of hydrogen-bond donors (Lipinski definition) is 1. The van der Waals surface area contributed by atoms with Gasteiger partial charge in [0, 0.05) is 37.9 Å². The molecular formula is C14H20N2O2S. The second-order valence-corrected chi connectivity index (χ2v) is 5.21. The molecule has 0 spiro atoms. The minimum absolute atomic E-state index is 0.338. The normalized spacial score (nSPS) is 19.6. The van der Waals surface area contributed by atoms with Gasteiger partial charge in [0.2, 0.25) is 0 Å². The lowest BCUT2D eigenvalue weighted by molar-refractivity contribution is 0.107. The topological polar surface area (TPSA) is 47.7 Å². The lowest BCUT2D eigenvalue weighted by atomic mass is 10.1. The molecule has 1 aliphatic heterocycles. The molecule has 0 bridgehead atoms. The molecule has 0 radical (unpaired) electrons. The van der Waals surface area contributed by atoms with Crippen molar-refractivity contribution < 1.29 is 9.47 Å². The third-order valence-electron chi connectivity index (χ3n) is 3.52. The highest BCUT2D eigenvalue weighted by atomic mass is 32.1. The van der Waals surface area contributed by atoms with E-state index in [4.69, 9.17) is 27.4 Å². The Morgan fingerprint density at radius 1 is 1.47 bits per heavy atom. The quantitative estimate of drug-likeness (QED) is 0.829. The highest BCUT2D eigenvalue weighted by Gasteiger charge is 2.22. The van der Waals surface area contributed by atoms with E-state index in [-0.39, 0.29) is 0 Å². The first-order valence-electron chi connectivity index (χ1n) is 6.36. The van der Waals surface area contributed by atoms with Crippen molar-refractivity contribution in [1.82, 2.24) is 4.90 Å². The van der Waals surface area contributed by atoms with Crippen LogP contribution in [0.25, 0.3) is 0 Å². The van der Waals surface area contributed by atoms with Crippen molar-refractivity contribution >= 4 is 17.2 Å². The van der Waals surface area contributed by atoms with Crippen LogP contribution in [0, 0.1) is 0 Å². The van der Waals surface area contributed by atoms with E-state index in [1.54, 1.807) is 14.2 Å². The van der Waals surface area contributed by atoms with Crippen LogP contribution in [-0.2, 0) is 11.3 Å². The van der Waals surface area contributed by atoms with Gasteiger partial charge in [-0.25, -0.2) is 0 Å². The summed E-state index contributed by atoms with van der Waals surface area (Å²) in [6.07, 6.45) is 1.41. The van der Waals surface area contributed by atoms with E-state index in [1.807, 2.05) is 18.2 Å². The molecule has 19 heavy (non-hydrogen) atoms. The van der Waals surface area contributed by atoms with Gasteiger partial charge in [0.25, 0.3) is 0 Å². The zero-order valence-corrected chi connectivity index (χ0v) is 12.2. The van der Waals surface area contributed by atoms with Gasteiger partial charge in [-0.1, -0.05) is 12.2 Å². The van der Waals surface area contributed by atoms with Crippen molar-refractivity contribution in [3.63, 3.8) is 0 Å². The number of nitrogens with two attached hydrogens (primary N) is 1. The Labute approximate surface area is 119 Å². The van der Waals surface area contributed by atoms with Crippen LogP contribution >= 0.6 is 12.2 Å². The third-order valence-corrected chi connectivity index (χ3v) is 3.76. The van der Waals surface area contributed by atoms with Crippen LogP contribution in [0.4, 0.5) is 0 Å². The summed E-state index contributed by atoms with van der Waals surface area (Å²) in [5, 5.41) is 0. The fourth-order valence-corrected chi connectivity index (χ4v) is 2.56. The number of benzene rings is 1. The number of thiocarbonyl (C=S) groups is 1. The second kappa shape index (κ2) is 6.32. The minimum Gasteiger partial charge on any atom is -0.496 e. The van der Waals surface area contributed by atoms with Gasteiger partial charge in [-0.3, -0.25) is 4.90 Å². The van der Waals surface area contributed by atoms with Gasteiger partial charge >= 0.3 is 0 Å². The predicted octanol–water partition coefficient (Wildman–Crippen LogP) is 1.55. The highest BCUT2D eigenvalue weighted by molar-refractivity contribution is 7.80. The monoisotopic (exact) mass is 280 g/mol. The summed E-state index contributed by atoms with van der Waals surface area (Å²) in [6.45, 7) is 2.83. The van der Waals surface area contributed by atoms with E-state index in [0.29, 0.717) is 11.1 Å². The Bertz CT molecular complexity index is 465. The summed E-state index contributed by atoms with van der Waals surface area (Å²) in [6, 6.07) is 5.83. The van der Waals surface area contributed by atoms with Crippen molar-refractivity contribution in [1.29, 1.82) is 0 Å². The van der Waals surface area contributed by atoms with Crippen molar-refractivity contribution in [3.8, 4) is 5.75 Å². The zero-order chi connectivity index (χ0) is 13.8. The molecule has 1 saturated heterocycles. The number of ether oxygens (including phenoxy) is 2. The molecule has 0 aromatic heterocycles. The average Bonchev–Trinajstić information content (AvgIpc) is 2.86. The van der Waals surface area contributed by atoms with Gasteiger partial charge in [0.05, 0.1) is 13.2 Å². The molecule has 1 heterocycles. The Morgan fingerprint density at radius 2 is 2.26 bits per heavy atom. The largest absolute Gasteiger partial charge is 0.496 e. The molecule has 5 heteroatoms. The fourth-order valence-electron chi connectivity index (χ4n) is 2.43. The summed E-state index contributed by atoms with van der Waals surface area (Å²) in [5.41, 5.74) is 7.68. The number of hydrogen-bond acceptors (Lipinski definition) is 4. The van der Waals surface area contributed by atoms with E-state index in [2.05, 4.69) is 4.90 Å². The van der Waals surface area contributed by atoms with Crippen LogP contribution in [0.2, 0.25) is 0 Å². The van der Waals surface area contributed by atoms with Crippen LogP contribution in [0.1, 0.15) is 17.5 Å².